The Bertz CT molecular complexity index is 3550. The van der Waals surface area contributed by atoms with Crippen LogP contribution in [0.1, 0.15) is 61.1 Å². The average Bonchev–Trinajstić information content (AvgIpc) is 4.04. The molecular formula is C62H48N2O2. The van der Waals surface area contributed by atoms with E-state index in [1.165, 1.54) is 55.6 Å². The molecule has 4 nitrogen and oxygen atoms in total. The monoisotopic (exact) mass is 852 g/mol. The third-order valence-corrected chi connectivity index (χ3v) is 14.9. The summed E-state index contributed by atoms with van der Waals surface area (Å²) in [4.78, 5) is 4.87. The maximum absolute atomic E-state index is 7.15. The predicted octanol–water partition coefficient (Wildman–Crippen LogP) is 17.7. The Morgan fingerprint density at radius 3 is 1.14 bits per heavy atom. The molecule has 0 spiro atoms. The first-order chi connectivity index (χ1) is 32.1. The van der Waals surface area contributed by atoms with Crippen LogP contribution < -0.4 is 9.80 Å². The minimum absolute atomic E-state index is 0.371. The first-order valence-electron chi connectivity index (χ1n) is 23.1. The summed E-state index contributed by atoms with van der Waals surface area (Å²) in [7, 11) is 0. The van der Waals surface area contributed by atoms with Crippen molar-refractivity contribution in [1.82, 2.24) is 0 Å². The molecule has 0 saturated heterocycles. The van der Waals surface area contributed by atoms with Crippen molar-refractivity contribution in [3.63, 3.8) is 0 Å². The summed E-state index contributed by atoms with van der Waals surface area (Å²) in [5.74, 6) is 0. The van der Waals surface area contributed by atoms with E-state index in [0.717, 1.165) is 78.0 Å². The summed E-state index contributed by atoms with van der Waals surface area (Å²) in [5, 5.41) is 4.45. The molecule has 2 heterocycles. The zero-order valence-electron chi connectivity index (χ0n) is 38.0. The number of benzene rings is 9. The number of hydrogen-bond acceptors (Lipinski definition) is 4. The zero-order valence-corrected chi connectivity index (χ0v) is 38.0. The van der Waals surface area contributed by atoms with Crippen LogP contribution >= 0.6 is 0 Å². The Hall–Kier alpha value is -7.82. The van der Waals surface area contributed by atoms with E-state index >= 15 is 0 Å². The predicted molar refractivity (Wildman–Crippen MR) is 275 cm³/mol. The lowest BCUT2D eigenvalue weighted by atomic mass is 9.79. The molecule has 318 valence electrons. The van der Waals surface area contributed by atoms with Crippen molar-refractivity contribution in [2.24, 2.45) is 0 Å². The molecule has 0 amide bonds. The standard InChI is InChI=1S/C62H48N2O2/c1-37-21-13-17-29-49(37)63(39-23-9-7-10-24-39)51-35-47-55(59-57(51)41-27-15-19-31-53(41)65-59)43-33-46-44(34-45(43)61(47,3)4)56-48(62(46,5)6)36-52(58-42-28-16-20-32-54(42)66-60(56)58)64(40-25-11-8-12-26-40)50-30-18-14-22-38(50)2/h7-36H,1-6H3. The van der Waals surface area contributed by atoms with Gasteiger partial charge in [0, 0.05) is 55.5 Å². The summed E-state index contributed by atoms with van der Waals surface area (Å²) >= 11 is 0. The van der Waals surface area contributed by atoms with E-state index in [2.05, 4.69) is 233 Å². The molecule has 11 aromatic rings. The van der Waals surface area contributed by atoms with Gasteiger partial charge in [-0.15, -0.1) is 0 Å². The number of rotatable bonds is 6. The minimum atomic E-state index is -0.371. The van der Waals surface area contributed by atoms with Gasteiger partial charge in [0.1, 0.15) is 22.3 Å². The van der Waals surface area contributed by atoms with E-state index < -0.39 is 0 Å². The van der Waals surface area contributed by atoms with Gasteiger partial charge in [-0.1, -0.05) is 137 Å². The third kappa shape index (κ3) is 5.27. The van der Waals surface area contributed by atoms with E-state index in [4.69, 9.17) is 8.83 Å². The quantitative estimate of drug-likeness (QED) is 0.167. The molecular weight excluding hydrogens is 805 g/mol. The topological polar surface area (TPSA) is 32.8 Å². The van der Waals surface area contributed by atoms with Crippen LogP contribution in [0, 0.1) is 13.8 Å². The smallest absolute Gasteiger partial charge is 0.145 e. The number of hydrogen-bond donors (Lipinski definition) is 0. The number of fused-ring (bicyclic) bond motifs is 14. The van der Waals surface area contributed by atoms with Gasteiger partial charge in [0.25, 0.3) is 0 Å². The van der Waals surface area contributed by atoms with Crippen molar-refractivity contribution < 1.29 is 8.83 Å². The van der Waals surface area contributed by atoms with Crippen LogP contribution in [0.5, 0.6) is 0 Å². The maximum atomic E-state index is 7.15. The lowest BCUT2D eigenvalue weighted by Gasteiger charge is -2.30. The van der Waals surface area contributed by atoms with Crippen LogP contribution in [-0.2, 0) is 10.8 Å². The Kier molecular flexibility index (Phi) is 8.10. The summed E-state index contributed by atoms with van der Waals surface area (Å²) in [6, 6.07) is 66.0. The van der Waals surface area contributed by atoms with Gasteiger partial charge in [-0.3, -0.25) is 0 Å². The molecule has 0 fully saturated rings. The van der Waals surface area contributed by atoms with E-state index in [-0.39, 0.29) is 10.8 Å². The Labute approximate surface area is 385 Å². The molecule has 2 aromatic heterocycles. The van der Waals surface area contributed by atoms with Gasteiger partial charge in [-0.05, 0) is 131 Å². The molecule has 2 aliphatic carbocycles. The Morgan fingerprint density at radius 1 is 0.364 bits per heavy atom. The number of furan rings is 2. The van der Waals surface area contributed by atoms with Gasteiger partial charge in [-0.2, -0.15) is 0 Å². The lowest BCUT2D eigenvalue weighted by Crippen LogP contribution is -2.18. The fourth-order valence-corrected chi connectivity index (χ4v) is 11.6. The molecule has 9 aromatic carbocycles. The fourth-order valence-electron chi connectivity index (χ4n) is 11.6. The molecule has 2 aliphatic rings. The summed E-state index contributed by atoms with van der Waals surface area (Å²) in [6.45, 7) is 14.0. The van der Waals surface area contributed by atoms with Crippen LogP contribution in [0.15, 0.2) is 191 Å². The van der Waals surface area contributed by atoms with Crippen molar-refractivity contribution in [1.29, 1.82) is 0 Å². The molecule has 0 atom stereocenters. The summed E-state index contributed by atoms with van der Waals surface area (Å²) in [6.07, 6.45) is 0. The first kappa shape index (κ1) is 38.6. The van der Waals surface area contributed by atoms with E-state index in [0.29, 0.717) is 0 Å². The highest BCUT2D eigenvalue weighted by atomic mass is 16.3. The Balaban J connectivity index is 1.09. The molecule has 13 rings (SSSR count). The summed E-state index contributed by atoms with van der Waals surface area (Å²) < 4.78 is 14.3. The summed E-state index contributed by atoms with van der Waals surface area (Å²) in [5.41, 5.74) is 21.9. The first-order valence-corrected chi connectivity index (χ1v) is 23.1. The van der Waals surface area contributed by atoms with Crippen LogP contribution in [-0.4, -0.2) is 0 Å². The number of nitrogens with zero attached hydrogens (tertiary/aromatic N) is 2. The van der Waals surface area contributed by atoms with Gasteiger partial charge in [-0.25, -0.2) is 0 Å². The second-order valence-corrected chi connectivity index (χ2v) is 19.3. The zero-order chi connectivity index (χ0) is 44.6. The highest BCUT2D eigenvalue weighted by Gasteiger charge is 2.45. The maximum Gasteiger partial charge on any atom is 0.145 e. The van der Waals surface area contributed by atoms with Crippen LogP contribution in [0.25, 0.3) is 66.1 Å². The van der Waals surface area contributed by atoms with Crippen molar-refractivity contribution in [3.05, 3.63) is 215 Å². The van der Waals surface area contributed by atoms with Gasteiger partial charge in [0.2, 0.25) is 0 Å². The molecule has 0 bridgehead atoms. The van der Waals surface area contributed by atoms with Crippen LogP contribution in [0.4, 0.5) is 34.1 Å². The largest absolute Gasteiger partial charge is 0.455 e. The highest BCUT2D eigenvalue weighted by molar-refractivity contribution is 6.21. The van der Waals surface area contributed by atoms with Crippen molar-refractivity contribution in [2.45, 2.75) is 52.4 Å². The number of aryl methyl sites for hydroxylation is 2. The van der Waals surface area contributed by atoms with Crippen molar-refractivity contribution in [3.8, 4) is 22.3 Å². The molecule has 0 N–H and O–H groups in total. The van der Waals surface area contributed by atoms with Gasteiger partial charge in [0.15, 0.2) is 0 Å². The average molecular weight is 853 g/mol. The SMILES string of the molecule is Cc1ccccc1N(c1ccccc1)c1cc2c(c3oc4ccccc4c13)-c1cc3c(cc1C2(C)C)-c1c(cc(N(c2ccccc2)c2ccccc2C)c2c1oc1ccccc12)C3(C)C. The number of para-hydroxylation sites is 6. The highest BCUT2D eigenvalue weighted by Crippen LogP contribution is 2.62. The second-order valence-electron chi connectivity index (χ2n) is 19.3. The van der Waals surface area contributed by atoms with Crippen molar-refractivity contribution >= 4 is 78.0 Å². The number of anilines is 6. The van der Waals surface area contributed by atoms with Crippen molar-refractivity contribution in [2.75, 3.05) is 9.80 Å². The Morgan fingerprint density at radius 2 is 0.727 bits per heavy atom. The van der Waals surface area contributed by atoms with E-state index in [1.54, 1.807) is 0 Å². The molecule has 4 heteroatoms. The molecule has 0 radical (unpaired) electrons. The molecule has 0 unspecified atom stereocenters. The molecule has 0 saturated carbocycles. The van der Waals surface area contributed by atoms with Gasteiger partial charge < -0.3 is 18.6 Å². The molecule has 66 heavy (non-hydrogen) atoms. The normalized spacial score (nSPS) is 14.2. The van der Waals surface area contributed by atoms with Gasteiger partial charge in [0.05, 0.1) is 22.1 Å². The minimum Gasteiger partial charge on any atom is -0.455 e. The molecule has 0 aliphatic heterocycles. The fraction of sp³-hybridized carbons (Fsp3) is 0.129. The van der Waals surface area contributed by atoms with Crippen LogP contribution in [0.3, 0.4) is 0 Å². The third-order valence-electron chi connectivity index (χ3n) is 14.9. The van der Waals surface area contributed by atoms with Gasteiger partial charge >= 0.3 is 0 Å². The second kappa shape index (κ2) is 13.8. The lowest BCUT2D eigenvalue weighted by molar-refractivity contribution is 0.648. The van der Waals surface area contributed by atoms with Crippen LogP contribution in [0.2, 0.25) is 0 Å². The van der Waals surface area contributed by atoms with E-state index in [9.17, 15) is 0 Å². The van der Waals surface area contributed by atoms with E-state index in [1.807, 2.05) is 0 Å².